The van der Waals surface area contributed by atoms with Crippen molar-refractivity contribution in [2.75, 3.05) is 20.6 Å². The van der Waals surface area contributed by atoms with Gasteiger partial charge in [0.15, 0.2) is 0 Å². The first kappa shape index (κ1) is 18.3. The molecule has 1 fully saturated rings. The Morgan fingerprint density at radius 2 is 2.12 bits per heavy atom. The monoisotopic (exact) mass is 354 g/mol. The number of aromatic nitrogens is 2. The standard InChI is InChI=1S/C20H26N4O2/c1-24(2)20(26)19-13-21-12-18(23-19)15-9-14(10-17(25)11-15)6-7-16-5-3-4-8-22-16/h9-13,16,22,25H,3-8H2,1-2H3. The van der Waals surface area contributed by atoms with Gasteiger partial charge < -0.3 is 15.3 Å². The number of rotatable bonds is 5. The van der Waals surface area contributed by atoms with Gasteiger partial charge in [0.1, 0.15) is 11.4 Å². The average Bonchev–Trinajstić information content (AvgIpc) is 2.66. The van der Waals surface area contributed by atoms with Gasteiger partial charge in [-0.15, -0.1) is 0 Å². The molecule has 0 radical (unpaired) electrons. The molecule has 2 heterocycles. The number of amides is 1. The van der Waals surface area contributed by atoms with Crippen molar-refractivity contribution >= 4 is 5.91 Å². The highest BCUT2D eigenvalue weighted by Gasteiger charge is 2.14. The lowest BCUT2D eigenvalue weighted by Crippen LogP contribution is -2.34. The summed E-state index contributed by atoms with van der Waals surface area (Å²) in [5.74, 6) is 0.0170. The third-order valence-corrected chi connectivity index (χ3v) is 4.73. The summed E-state index contributed by atoms with van der Waals surface area (Å²) in [4.78, 5) is 22.1. The van der Waals surface area contributed by atoms with E-state index in [-0.39, 0.29) is 11.7 Å². The average molecular weight is 354 g/mol. The normalized spacial score (nSPS) is 17.1. The molecule has 1 unspecified atom stereocenters. The Morgan fingerprint density at radius 3 is 2.85 bits per heavy atom. The third kappa shape index (κ3) is 4.58. The number of phenols is 1. The summed E-state index contributed by atoms with van der Waals surface area (Å²) in [5.41, 5.74) is 2.73. The maximum absolute atomic E-state index is 12.1. The number of aromatic hydroxyl groups is 1. The molecule has 1 aliphatic rings. The van der Waals surface area contributed by atoms with Gasteiger partial charge in [-0.05, 0) is 56.0 Å². The molecule has 0 saturated carbocycles. The smallest absolute Gasteiger partial charge is 0.273 e. The van der Waals surface area contributed by atoms with Gasteiger partial charge in [-0.3, -0.25) is 9.78 Å². The Kier molecular flexibility index (Phi) is 5.83. The molecule has 0 bridgehead atoms. The first-order valence-electron chi connectivity index (χ1n) is 9.13. The lowest BCUT2D eigenvalue weighted by molar-refractivity contribution is 0.0821. The lowest BCUT2D eigenvalue weighted by atomic mass is 9.96. The minimum atomic E-state index is -0.192. The van der Waals surface area contributed by atoms with Gasteiger partial charge >= 0.3 is 0 Å². The van der Waals surface area contributed by atoms with Crippen LogP contribution in [-0.4, -0.2) is 52.6 Å². The zero-order valence-electron chi connectivity index (χ0n) is 15.4. The molecule has 2 aromatic rings. The van der Waals surface area contributed by atoms with Crippen LogP contribution < -0.4 is 5.32 Å². The maximum atomic E-state index is 12.1. The van der Waals surface area contributed by atoms with E-state index in [0.717, 1.165) is 30.5 Å². The van der Waals surface area contributed by atoms with Gasteiger partial charge in [0.25, 0.3) is 5.91 Å². The third-order valence-electron chi connectivity index (χ3n) is 4.73. The summed E-state index contributed by atoms with van der Waals surface area (Å²) in [6.45, 7) is 1.10. The van der Waals surface area contributed by atoms with Crippen LogP contribution in [0.3, 0.4) is 0 Å². The highest BCUT2D eigenvalue weighted by Crippen LogP contribution is 2.25. The Balaban J connectivity index is 1.78. The number of benzene rings is 1. The van der Waals surface area contributed by atoms with E-state index in [9.17, 15) is 9.90 Å². The molecule has 2 N–H and O–H groups in total. The van der Waals surface area contributed by atoms with Crippen LogP contribution in [0.1, 0.15) is 41.7 Å². The fourth-order valence-electron chi connectivity index (χ4n) is 3.31. The van der Waals surface area contributed by atoms with Crippen molar-refractivity contribution in [2.24, 2.45) is 0 Å². The van der Waals surface area contributed by atoms with Crippen LogP contribution >= 0.6 is 0 Å². The summed E-state index contributed by atoms with van der Waals surface area (Å²) < 4.78 is 0. The molecular formula is C20H26N4O2. The fraction of sp³-hybridized carbons (Fsp3) is 0.450. The Labute approximate surface area is 154 Å². The lowest BCUT2D eigenvalue weighted by Gasteiger charge is -2.23. The summed E-state index contributed by atoms with van der Waals surface area (Å²) in [7, 11) is 3.37. The number of aryl methyl sites for hydroxylation is 1. The van der Waals surface area contributed by atoms with Crippen molar-refractivity contribution in [1.82, 2.24) is 20.2 Å². The molecule has 0 aliphatic carbocycles. The zero-order chi connectivity index (χ0) is 18.5. The van der Waals surface area contributed by atoms with Gasteiger partial charge in [-0.25, -0.2) is 4.98 Å². The van der Waals surface area contributed by atoms with Crippen LogP contribution in [-0.2, 0) is 6.42 Å². The molecule has 26 heavy (non-hydrogen) atoms. The van der Waals surface area contributed by atoms with Crippen LogP contribution in [0.4, 0.5) is 0 Å². The van der Waals surface area contributed by atoms with Crippen molar-refractivity contribution in [2.45, 2.75) is 38.1 Å². The van der Waals surface area contributed by atoms with Crippen molar-refractivity contribution in [3.8, 4) is 17.0 Å². The number of hydrogen-bond acceptors (Lipinski definition) is 5. The van der Waals surface area contributed by atoms with Crippen LogP contribution in [0.2, 0.25) is 0 Å². The van der Waals surface area contributed by atoms with Crippen LogP contribution in [0.25, 0.3) is 11.3 Å². The van der Waals surface area contributed by atoms with Gasteiger partial charge in [-0.1, -0.05) is 6.42 Å². The number of piperidine rings is 1. The number of nitrogens with one attached hydrogen (secondary N) is 1. The molecule has 138 valence electrons. The second-order valence-electron chi connectivity index (χ2n) is 7.06. The zero-order valence-corrected chi connectivity index (χ0v) is 15.4. The summed E-state index contributed by atoms with van der Waals surface area (Å²) in [5, 5.41) is 13.7. The molecule has 1 aliphatic heterocycles. The Morgan fingerprint density at radius 1 is 1.27 bits per heavy atom. The van der Waals surface area contributed by atoms with Crippen LogP contribution in [0, 0.1) is 0 Å². The second-order valence-corrected chi connectivity index (χ2v) is 7.06. The van der Waals surface area contributed by atoms with E-state index in [4.69, 9.17) is 0 Å². The Bertz CT molecular complexity index is 770. The van der Waals surface area contributed by atoms with E-state index < -0.39 is 0 Å². The van der Waals surface area contributed by atoms with E-state index in [1.165, 1.54) is 30.4 Å². The summed E-state index contributed by atoms with van der Waals surface area (Å²) in [6.07, 6.45) is 8.78. The van der Waals surface area contributed by atoms with E-state index in [2.05, 4.69) is 15.3 Å². The highest BCUT2D eigenvalue weighted by atomic mass is 16.3. The molecule has 1 saturated heterocycles. The van der Waals surface area contributed by atoms with Crippen molar-refractivity contribution in [3.63, 3.8) is 0 Å². The minimum Gasteiger partial charge on any atom is -0.508 e. The van der Waals surface area contributed by atoms with E-state index in [1.54, 1.807) is 32.4 Å². The highest BCUT2D eigenvalue weighted by molar-refractivity contribution is 5.92. The van der Waals surface area contributed by atoms with Crippen LogP contribution in [0.5, 0.6) is 5.75 Å². The SMILES string of the molecule is CN(C)C(=O)c1cncc(-c2cc(O)cc(CCC3CCCCN3)c2)n1. The van der Waals surface area contributed by atoms with E-state index in [0.29, 0.717) is 17.4 Å². The van der Waals surface area contributed by atoms with Crippen LogP contribution in [0.15, 0.2) is 30.6 Å². The summed E-state index contributed by atoms with van der Waals surface area (Å²) >= 11 is 0. The van der Waals surface area contributed by atoms with Gasteiger partial charge in [0.2, 0.25) is 0 Å². The topological polar surface area (TPSA) is 78.4 Å². The van der Waals surface area contributed by atoms with Gasteiger partial charge in [0, 0.05) is 25.7 Å². The van der Waals surface area contributed by atoms with Crippen molar-refractivity contribution < 1.29 is 9.90 Å². The van der Waals surface area contributed by atoms with Gasteiger partial charge in [0.05, 0.1) is 18.1 Å². The quantitative estimate of drug-likeness (QED) is 0.863. The van der Waals surface area contributed by atoms with Crippen molar-refractivity contribution in [1.29, 1.82) is 0 Å². The van der Waals surface area contributed by atoms with Crippen molar-refractivity contribution in [3.05, 3.63) is 41.9 Å². The number of carbonyl (C=O) groups is 1. The van der Waals surface area contributed by atoms with E-state index in [1.807, 2.05) is 6.07 Å². The molecular weight excluding hydrogens is 328 g/mol. The molecule has 1 aromatic carbocycles. The molecule has 1 aromatic heterocycles. The molecule has 1 amide bonds. The molecule has 1 atom stereocenters. The molecule has 3 rings (SSSR count). The largest absolute Gasteiger partial charge is 0.508 e. The molecule has 6 heteroatoms. The number of nitrogens with zero attached hydrogens (tertiary/aromatic N) is 3. The number of carbonyl (C=O) groups excluding carboxylic acids is 1. The van der Waals surface area contributed by atoms with E-state index >= 15 is 0 Å². The number of hydrogen-bond donors (Lipinski definition) is 2. The molecule has 6 nitrogen and oxygen atoms in total. The first-order chi connectivity index (χ1) is 12.5. The minimum absolute atomic E-state index is 0.192. The molecule has 0 spiro atoms. The van der Waals surface area contributed by atoms with Gasteiger partial charge in [-0.2, -0.15) is 0 Å². The predicted octanol–water partition coefficient (Wildman–Crippen LogP) is 2.63. The predicted molar refractivity (Wildman–Crippen MR) is 101 cm³/mol. The Hall–Kier alpha value is -2.47. The summed E-state index contributed by atoms with van der Waals surface area (Å²) in [6, 6.07) is 6.04. The number of phenolic OH excluding ortho intramolecular Hbond substituents is 1. The first-order valence-corrected chi connectivity index (χ1v) is 9.13. The fourth-order valence-corrected chi connectivity index (χ4v) is 3.31. The maximum Gasteiger partial charge on any atom is 0.273 e. The second kappa shape index (κ2) is 8.27.